The summed E-state index contributed by atoms with van der Waals surface area (Å²) < 4.78 is 77.4. The highest BCUT2D eigenvalue weighted by Crippen LogP contribution is 2.36. The molecule has 3 aliphatic rings. The van der Waals surface area contributed by atoms with Crippen molar-refractivity contribution < 1.29 is 41.3 Å². The monoisotopic (exact) mass is 464 g/mol. The quantitative estimate of drug-likeness (QED) is 0.633. The Labute approximate surface area is 181 Å². The number of aliphatic hydroxyl groups excluding tert-OH is 1. The highest BCUT2D eigenvalue weighted by molar-refractivity contribution is 5.77. The molecule has 3 heterocycles. The Balaban J connectivity index is 1.24. The lowest BCUT2D eigenvalue weighted by molar-refractivity contribution is -0.138. The summed E-state index contributed by atoms with van der Waals surface area (Å²) in [6.45, 7) is -0.502. The van der Waals surface area contributed by atoms with Crippen molar-refractivity contribution in [2.24, 2.45) is 0 Å². The number of aliphatic hydroxyl groups is 1. The van der Waals surface area contributed by atoms with E-state index in [1.807, 2.05) is 0 Å². The molecule has 4 rings (SSSR count). The molecule has 1 aromatic carbocycles. The van der Waals surface area contributed by atoms with Crippen LogP contribution in [0, 0.1) is 0 Å². The first-order valence-electron chi connectivity index (χ1n) is 10.5. The fraction of sp³-hybridized carbons (Fsp3) is 0.667. The van der Waals surface area contributed by atoms with Crippen LogP contribution in [0.25, 0.3) is 0 Å². The van der Waals surface area contributed by atoms with Crippen molar-refractivity contribution in [1.29, 1.82) is 0 Å². The van der Waals surface area contributed by atoms with Crippen molar-refractivity contribution in [3.63, 3.8) is 0 Å². The first-order chi connectivity index (χ1) is 15.0. The summed E-state index contributed by atoms with van der Waals surface area (Å²) in [7, 11) is 0. The number of carbonyl (C=O) groups excluding carboxylic acids is 1. The second kappa shape index (κ2) is 8.85. The number of ether oxygens (including phenoxy) is 2. The Kier molecular flexibility index (Phi) is 6.45. The molecule has 6 nitrogen and oxygen atoms in total. The van der Waals surface area contributed by atoms with Crippen LogP contribution in [0.4, 0.5) is 22.0 Å². The SMILES string of the molecule is O=C(CC1CC2OC(CNCc3ccccc3C(F)(F)F)C(O)C2O1)N1CCC(F)(F)C1. The highest BCUT2D eigenvalue weighted by atomic mass is 19.4. The number of amides is 1. The number of nitrogens with one attached hydrogen (secondary N) is 1. The largest absolute Gasteiger partial charge is 0.416 e. The van der Waals surface area contributed by atoms with Gasteiger partial charge in [-0.15, -0.1) is 0 Å². The maximum atomic E-state index is 13.3. The molecular weight excluding hydrogens is 439 g/mol. The molecule has 3 aliphatic heterocycles. The fourth-order valence-electron chi connectivity index (χ4n) is 4.58. The number of likely N-dealkylation sites (tertiary alicyclic amines) is 1. The minimum atomic E-state index is -4.45. The molecule has 0 saturated carbocycles. The predicted octanol–water partition coefficient (Wildman–Crippen LogP) is 2.34. The van der Waals surface area contributed by atoms with Gasteiger partial charge in [-0.2, -0.15) is 13.2 Å². The molecule has 5 atom stereocenters. The molecule has 3 fully saturated rings. The number of hydrogen-bond donors (Lipinski definition) is 2. The fourth-order valence-corrected chi connectivity index (χ4v) is 4.58. The van der Waals surface area contributed by atoms with Crippen LogP contribution < -0.4 is 5.32 Å². The van der Waals surface area contributed by atoms with Crippen LogP contribution in [0.3, 0.4) is 0 Å². The summed E-state index contributed by atoms with van der Waals surface area (Å²) in [5.41, 5.74) is -0.626. The minimum Gasteiger partial charge on any atom is -0.388 e. The molecule has 5 unspecified atom stereocenters. The molecule has 1 aromatic rings. The topological polar surface area (TPSA) is 71.0 Å². The van der Waals surface area contributed by atoms with Crippen LogP contribution in [0.2, 0.25) is 0 Å². The zero-order valence-corrected chi connectivity index (χ0v) is 17.2. The Hall–Kier alpha value is -1.82. The van der Waals surface area contributed by atoms with E-state index in [9.17, 15) is 31.9 Å². The molecule has 11 heteroatoms. The average molecular weight is 464 g/mol. The van der Waals surface area contributed by atoms with Crippen molar-refractivity contribution in [3.8, 4) is 0 Å². The first-order valence-corrected chi connectivity index (χ1v) is 10.5. The van der Waals surface area contributed by atoms with Gasteiger partial charge < -0.3 is 24.8 Å². The van der Waals surface area contributed by atoms with E-state index in [-0.39, 0.29) is 38.0 Å². The molecule has 0 radical (unpaired) electrons. The van der Waals surface area contributed by atoms with Gasteiger partial charge in [-0.05, 0) is 11.6 Å². The van der Waals surface area contributed by atoms with Crippen LogP contribution in [0.15, 0.2) is 24.3 Å². The summed E-state index contributed by atoms with van der Waals surface area (Å²) >= 11 is 0. The van der Waals surface area contributed by atoms with Crippen molar-refractivity contribution in [2.75, 3.05) is 19.6 Å². The standard InChI is InChI=1S/C21H25F5N2O4/c22-20(23)5-6-28(11-20)17(29)8-13-7-15-19(31-13)18(30)16(32-15)10-27-9-12-3-1-2-4-14(12)21(24,25)26/h1-4,13,15-16,18-19,27,30H,5-11H2. The second-order valence-corrected chi connectivity index (χ2v) is 8.57. The van der Waals surface area contributed by atoms with Gasteiger partial charge in [-0.1, -0.05) is 18.2 Å². The zero-order valence-electron chi connectivity index (χ0n) is 17.2. The summed E-state index contributed by atoms with van der Waals surface area (Å²) in [4.78, 5) is 13.4. The molecular formula is C21H25F5N2O4. The maximum absolute atomic E-state index is 13.3. The third-order valence-electron chi connectivity index (χ3n) is 6.19. The Morgan fingerprint density at radius 3 is 2.66 bits per heavy atom. The van der Waals surface area contributed by atoms with Gasteiger partial charge in [-0.25, -0.2) is 8.78 Å². The number of alkyl halides is 5. The third kappa shape index (κ3) is 5.05. The van der Waals surface area contributed by atoms with E-state index in [1.54, 1.807) is 0 Å². The van der Waals surface area contributed by atoms with Gasteiger partial charge in [0.05, 0.1) is 36.8 Å². The summed E-state index contributed by atoms with van der Waals surface area (Å²) in [6, 6.07) is 5.25. The normalized spacial score (nSPS) is 31.8. The number of rotatable bonds is 6. The smallest absolute Gasteiger partial charge is 0.388 e. The third-order valence-corrected chi connectivity index (χ3v) is 6.19. The predicted molar refractivity (Wildman–Crippen MR) is 102 cm³/mol. The number of halogens is 5. The maximum Gasteiger partial charge on any atom is 0.416 e. The lowest BCUT2D eigenvalue weighted by Crippen LogP contribution is -2.39. The van der Waals surface area contributed by atoms with Crippen molar-refractivity contribution in [1.82, 2.24) is 10.2 Å². The number of hydrogen-bond acceptors (Lipinski definition) is 5. The second-order valence-electron chi connectivity index (χ2n) is 8.57. The van der Waals surface area contributed by atoms with E-state index in [0.29, 0.717) is 6.42 Å². The lowest BCUT2D eigenvalue weighted by atomic mass is 10.1. The van der Waals surface area contributed by atoms with Gasteiger partial charge in [0.2, 0.25) is 5.91 Å². The average Bonchev–Trinajstić information content (AvgIpc) is 3.36. The first kappa shape index (κ1) is 23.3. The number of carbonyl (C=O) groups is 1. The number of nitrogens with zero attached hydrogens (tertiary/aromatic N) is 1. The van der Waals surface area contributed by atoms with Crippen molar-refractivity contribution in [2.45, 2.75) is 68.4 Å². The molecule has 32 heavy (non-hydrogen) atoms. The number of benzene rings is 1. The van der Waals surface area contributed by atoms with Gasteiger partial charge in [0, 0.05) is 32.5 Å². The van der Waals surface area contributed by atoms with Crippen molar-refractivity contribution in [3.05, 3.63) is 35.4 Å². The van der Waals surface area contributed by atoms with Gasteiger partial charge in [0.1, 0.15) is 12.2 Å². The van der Waals surface area contributed by atoms with Gasteiger partial charge in [0.25, 0.3) is 5.92 Å². The van der Waals surface area contributed by atoms with E-state index in [4.69, 9.17) is 9.47 Å². The molecule has 0 bridgehead atoms. The molecule has 2 N–H and O–H groups in total. The molecule has 1 amide bonds. The van der Waals surface area contributed by atoms with Gasteiger partial charge in [-0.3, -0.25) is 4.79 Å². The van der Waals surface area contributed by atoms with Crippen LogP contribution in [0.1, 0.15) is 30.4 Å². The van der Waals surface area contributed by atoms with Crippen LogP contribution in [-0.4, -0.2) is 72.0 Å². The Morgan fingerprint density at radius 2 is 2.00 bits per heavy atom. The van der Waals surface area contributed by atoms with Crippen molar-refractivity contribution >= 4 is 5.91 Å². The van der Waals surface area contributed by atoms with E-state index in [1.165, 1.54) is 18.2 Å². The zero-order chi connectivity index (χ0) is 23.1. The summed E-state index contributed by atoms with van der Waals surface area (Å²) in [5, 5.41) is 13.4. The van der Waals surface area contributed by atoms with Crippen LogP contribution in [-0.2, 0) is 27.0 Å². The van der Waals surface area contributed by atoms with Gasteiger partial charge >= 0.3 is 6.18 Å². The minimum absolute atomic E-state index is 0.00967. The molecule has 0 aromatic heterocycles. The van der Waals surface area contributed by atoms with E-state index < -0.39 is 60.6 Å². The van der Waals surface area contributed by atoms with E-state index >= 15 is 0 Å². The molecule has 0 spiro atoms. The summed E-state index contributed by atoms with van der Waals surface area (Å²) in [6.07, 6.45) is -7.86. The summed E-state index contributed by atoms with van der Waals surface area (Å²) in [5.74, 6) is -3.27. The van der Waals surface area contributed by atoms with Gasteiger partial charge in [0.15, 0.2) is 0 Å². The number of fused-ring (bicyclic) bond motifs is 1. The van der Waals surface area contributed by atoms with Crippen LogP contribution >= 0.6 is 0 Å². The molecule has 178 valence electrons. The Morgan fingerprint density at radius 1 is 1.25 bits per heavy atom. The van der Waals surface area contributed by atoms with E-state index in [2.05, 4.69) is 5.32 Å². The lowest BCUT2D eigenvalue weighted by Gasteiger charge is -2.22. The van der Waals surface area contributed by atoms with E-state index in [0.717, 1.165) is 11.0 Å². The Bertz CT molecular complexity index is 837. The van der Waals surface area contributed by atoms with Crippen LogP contribution in [0.5, 0.6) is 0 Å². The highest BCUT2D eigenvalue weighted by Gasteiger charge is 2.51. The molecule has 3 saturated heterocycles. The molecule has 0 aliphatic carbocycles.